The Morgan fingerprint density at radius 3 is 2.25 bits per heavy atom. The Morgan fingerprint density at radius 1 is 1.09 bits per heavy atom. The van der Waals surface area contributed by atoms with Crippen molar-refractivity contribution in [1.82, 2.24) is 0 Å². The zero-order valence-corrected chi connectivity index (χ0v) is 18.4. The number of anilines is 1. The highest BCUT2D eigenvalue weighted by atomic mass is 32.2. The molecule has 0 atom stereocenters. The number of hydrogen-bond acceptors (Lipinski definition) is 5. The molecule has 2 aromatic carbocycles. The number of nitrogens with two attached hydrogens (primary N) is 2. The van der Waals surface area contributed by atoms with Crippen molar-refractivity contribution in [2.45, 2.75) is 43.7 Å². The number of primary amides is 1. The minimum Gasteiger partial charge on any atom is -0.454 e. The maximum absolute atomic E-state index is 12.7. The molecular formula is C21H26F3N3O4S. The minimum atomic E-state index is -4.37. The van der Waals surface area contributed by atoms with E-state index in [2.05, 4.69) is 0 Å². The molecule has 7 nitrogen and oxygen atoms in total. The van der Waals surface area contributed by atoms with Gasteiger partial charge in [-0.1, -0.05) is 31.5 Å². The quantitative estimate of drug-likeness (QED) is 0.508. The van der Waals surface area contributed by atoms with Crippen LogP contribution in [0.5, 0.6) is 11.5 Å². The lowest BCUT2D eigenvalue weighted by atomic mass is 10.1. The number of carbonyl (C=O) groups is 1. The van der Waals surface area contributed by atoms with Crippen LogP contribution in [-0.2, 0) is 10.0 Å². The Balaban J connectivity index is 2.64. The van der Waals surface area contributed by atoms with Crippen molar-refractivity contribution >= 4 is 21.6 Å². The number of benzene rings is 2. The van der Waals surface area contributed by atoms with Gasteiger partial charge < -0.3 is 15.4 Å². The molecule has 0 heterocycles. The van der Waals surface area contributed by atoms with Gasteiger partial charge in [-0.3, -0.25) is 4.79 Å². The Morgan fingerprint density at radius 2 is 1.72 bits per heavy atom. The number of amides is 1. The second-order valence-corrected chi connectivity index (χ2v) is 8.74. The number of alkyl halides is 3. The maximum Gasteiger partial charge on any atom is 0.389 e. The molecule has 176 valence electrons. The first kappa shape index (κ1) is 25.5. The summed E-state index contributed by atoms with van der Waals surface area (Å²) in [6, 6.07) is 10.6. The summed E-state index contributed by atoms with van der Waals surface area (Å²) in [5.41, 5.74) is 5.35. The third kappa shape index (κ3) is 7.41. The van der Waals surface area contributed by atoms with Crippen LogP contribution >= 0.6 is 0 Å². The first-order valence-electron chi connectivity index (χ1n) is 9.97. The van der Waals surface area contributed by atoms with Gasteiger partial charge in [-0.2, -0.15) is 13.2 Å². The first-order chi connectivity index (χ1) is 14.9. The predicted molar refractivity (Wildman–Crippen MR) is 115 cm³/mol. The van der Waals surface area contributed by atoms with Crippen LogP contribution in [-0.4, -0.2) is 33.6 Å². The van der Waals surface area contributed by atoms with Crippen LogP contribution in [0.4, 0.5) is 18.9 Å². The molecule has 0 fully saturated rings. The van der Waals surface area contributed by atoms with Gasteiger partial charge in [0.15, 0.2) is 5.75 Å². The molecule has 11 heteroatoms. The zero-order valence-electron chi connectivity index (χ0n) is 17.6. The molecule has 2 aromatic rings. The van der Waals surface area contributed by atoms with Gasteiger partial charge in [0, 0.05) is 25.1 Å². The monoisotopic (exact) mass is 473 g/mol. The number of hydrogen-bond donors (Lipinski definition) is 2. The Bertz CT molecular complexity index is 1030. The minimum absolute atomic E-state index is 0.0447. The number of halogens is 3. The number of primary sulfonamides is 1. The summed E-state index contributed by atoms with van der Waals surface area (Å²) < 4.78 is 68.7. The fraction of sp³-hybridized carbons (Fsp3) is 0.381. The van der Waals surface area contributed by atoms with Crippen molar-refractivity contribution in [2.75, 3.05) is 18.0 Å². The average molecular weight is 474 g/mol. The molecule has 0 radical (unpaired) electrons. The van der Waals surface area contributed by atoms with Crippen LogP contribution in [0.25, 0.3) is 0 Å². The SMILES string of the molecule is CCCCN(CCCC(F)(F)F)c1cc(C(N)=O)cc(S(N)(=O)=O)c1Oc1ccccc1. The van der Waals surface area contributed by atoms with Crippen LogP contribution < -0.4 is 20.5 Å². The summed E-state index contributed by atoms with van der Waals surface area (Å²) >= 11 is 0. The van der Waals surface area contributed by atoms with Crippen molar-refractivity contribution in [1.29, 1.82) is 0 Å². The fourth-order valence-corrected chi connectivity index (χ4v) is 3.75. The standard InChI is InChI=1S/C21H26F3N3O4S/c1-2-3-11-27(12-7-10-21(22,23)24)17-13-15(20(25)28)14-18(32(26,29)30)19(17)31-16-8-5-4-6-9-16/h4-6,8-9,13-14H,2-3,7,10-12H2,1H3,(H2,25,28)(H2,26,29,30). The highest BCUT2D eigenvalue weighted by molar-refractivity contribution is 7.89. The Kier molecular flexibility index (Phi) is 8.51. The molecule has 1 amide bonds. The van der Waals surface area contributed by atoms with E-state index in [0.717, 1.165) is 12.5 Å². The van der Waals surface area contributed by atoms with E-state index >= 15 is 0 Å². The van der Waals surface area contributed by atoms with E-state index in [1.165, 1.54) is 6.07 Å². The third-order valence-electron chi connectivity index (χ3n) is 4.60. The van der Waals surface area contributed by atoms with Crippen LogP contribution in [0, 0.1) is 0 Å². The van der Waals surface area contributed by atoms with E-state index in [0.29, 0.717) is 13.0 Å². The highest BCUT2D eigenvalue weighted by Gasteiger charge is 2.29. The summed E-state index contributed by atoms with van der Waals surface area (Å²) in [5.74, 6) is -0.795. The third-order valence-corrected chi connectivity index (χ3v) is 5.52. The largest absolute Gasteiger partial charge is 0.454 e. The van der Waals surface area contributed by atoms with Gasteiger partial charge in [0.25, 0.3) is 0 Å². The van der Waals surface area contributed by atoms with Crippen molar-refractivity contribution in [2.24, 2.45) is 10.9 Å². The summed E-state index contributed by atoms with van der Waals surface area (Å²) in [6.07, 6.45) is -4.23. The molecule has 32 heavy (non-hydrogen) atoms. The second-order valence-electron chi connectivity index (χ2n) is 7.21. The van der Waals surface area contributed by atoms with Crippen LogP contribution in [0.1, 0.15) is 43.0 Å². The molecule has 0 aliphatic rings. The molecule has 0 aromatic heterocycles. The van der Waals surface area contributed by atoms with Gasteiger partial charge in [-0.15, -0.1) is 0 Å². The number of rotatable bonds is 11. The topological polar surface area (TPSA) is 116 Å². The highest BCUT2D eigenvalue weighted by Crippen LogP contribution is 2.39. The molecule has 0 aliphatic carbocycles. The van der Waals surface area contributed by atoms with Gasteiger partial charge in [0.05, 0.1) is 5.69 Å². The van der Waals surface area contributed by atoms with E-state index in [1.54, 1.807) is 35.2 Å². The Hall–Kier alpha value is -2.79. The van der Waals surface area contributed by atoms with E-state index in [-0.39, 0.29) is 35.7 Å². The lowest BCUT2D eigenvalue weighted by molar-refractivity contribution is -0.135. The normalized spacial score (nSPS) is 11.9. The summed E-state index contributed by atoms with van der Waals surface area (Å²) in [6.45, 7) is 2.17. The van der Waals surface area contributed by atoms with Crippen molar-refractivity contribution in [3.05, 3.63) is 48.0 Å². The number of para-hydroxylation sites is 1. The molecule has 2 rings (SSSR count). The van der Waals surface area contributed by atoms with Crippen molar-refractivity contribution < 1.29 is 31.1 Å². The van der Waals surface area contributed by atoms with Gasteiger partial charge in [0.1, 0.15) is 10.6 Å². The molecular weight excluding hydrogens is 447 g/mol. The van der Waals surface area contributed by atoms with E-state index in [1.807, 2.05) is 6.92 Å². The zero-order chi connectivity index (χ0) is 23.9. The van der Waals surface area contributed by atoms with Gasteiger partial charge in [-0.05, 0) is 37.1 Å². The number of sulfonamides is 1. The number of nitrogens with zero attached hydrogens (tertiary/aromatic N) is 1. The second kappa shape index (κ2) is 10.7. The number of carbonyl (C=O) groups excluding carboxylic acids is 1. The number of unbranched alkanes of at least 4 members (excludes halogenated alkanes) is 1. The number of ether oxygens (including phenoxy) is 1. The average Bonchev–Trinajstić information content (AvgIpc) is 2.69. The van der Waals surface area contributed by atoms with Gasteiger partial charge in [0.2, 0.25) is 15.9 Å². The predicted octanol–water partition coefficient (Wildman–Crippen LogP) is 4.17. The first-order valence-corrected chi connectivity index (χ1v) is 11.5. The molecule has 0 spiro atoms. The Labute approximate surface area is 185 Å². The lowest BCUT2D eigenvalue weighted by Gasteiger charge is -2.28. The smallest absolute Gasteiger partial charge is 0.389 e. The van der Waals surface area contributed by atoms with Gasteiger partial charge >= 0.3 is 6.18 Å². The molecule has 0 saturated heterocycles. The fourth-order valence-electron chi connectivity index (χ4n) is 3.06. The van der Waals surface area contributed by atoms with E-state index in [4.69, 9.17) is 15.6 Å². The lowest BCUT2D eigenvalue weighted by Crippen LogP contribution is -2.28. The van der Waals surface area contributed by atoms with Crippen molar-refractivity contribution in [3.8, 4) is 11.5 Å². The van der Waals surface area contributed by atoms with Crippen molar-refractivity contribution in [3.63, 3.8) is 0 Å². The summed E-state index contributed by atoms with van der Waals surface area (Å²) in [4.78, 5) is 12.9. The summed E-state index contributed by atoms with van der Waals surface area (Å²) in [7, 11) is -4.37. The maximum atomic E-state index is 12.7. The summed E-state index contributed by atoms with van der Waals surface area (Å²) in [5, 5.41) is 5.38. The molecule has 4 N–H and O–H groups in total. The van der Waals surface area contributed by atoms with Crippen LogP contribution in [0.15, 0.2) is 47.4 Å². The van der Waals surface area contributed by atoms with Crippen LogP contribution in [0.3, 0.4) is 0 Å². The molecule has 0 unspecified atom stereocenters. The van der Waals surface area contributed by atoms with Gasteiger partial charge in [-0.25, -0.2) is 13.6 Å². The molecule has 0 bridgehead atoms. The van der Waals surface area contributed by atoms with Crippen LogP contribution in [0.2, 0.25) is 0 Å². The van der Waals surface area contributed by atoms with E-state index < -0.39 is 33.4 Å². The van der Waals surface area contributed by atoms with E-state index in [9.17, 15) is 26.4 Å². The molecule has 0 saturated carbocycles. The molecule has 0 aliphatic heterocycles.